The fourth-order valence-electron chi connectivity index (χ4n) is 5.56. The van der Waals surface area contributed by atoms with Crippen LogP contribution < -0.4 is 5.32 Å². The third-order valence-corrected chi connectivity index (χ3v) is 7.20. The number of hydrogen-bond donors (Lipinski definition) is 1. The Balaban J connectivity index is 1.56. The van der Waals surface area contributed by atoms with Crippen LogP contribution in [-0.4, -0.2) is 76.6 Å². The molecule has 0 spiro atoms. The first kappa shape index (κ1) is 23.5. The molecule has 4 amide bonds. The first-order valence-electron chi connectivity index (χ1n) is 12.3. The van der Waals surface area contributed by atoms with Gasteiger partial charge < -0.3 is 15.1 Å². The van der Waals surface area contributed by atoms with E-state index in [1.54, 1.807) is 22.0 Å². The number of carbonyl (C=O) groups excluding carboxylic acids is 3. The summed E-state index contributed by atoms with van der Waals surface area (Å²) in [4.78, 5) is 43.5. The van der Waals surface area contributed by atoms with E-state index in [1.165, 1.54) is 19.3 Å². The van der Waals surface area contributed by atoms with Gasteiger partial charge in [0, 0.05) is 20.1 Å². The number of nitrogens with zero attached hydrogens (tertiary/aromatic N) is 4. The molecule has 180 valence electrons. The average molecular weight is 456 g/mol. The molecule has 2 heterocycles. The van der Waals surface area contributed by atoms with E-state index >= 15 is 0 Å². The van der Waals surface area contributed by atoms with E-state index in [2.05, 4.69) is 5.32 Å². The maximum Gasteiger partial charge on any atom is 0.334 e. The van der Waals surface area contributed by atoms with Crippen LogP contribution in [0.3, 0.4) is 0 Å². The molecular weight excluding hydrogens is 418 g/mol. The van der Waals surface area contributed by atoms with Crippen molar-refractivity contribution in [3.8, 4) is 0 Å². The zero-order valence-corrected chi connectivity index (χ0v) is 20.1. The van der Waals surface area contributed by atoms with Gasteiger partial charge in [0.05, 0.1) is 13.1 Å². The van der Waals surface area contributed by atoms with Gasteiger partial charge in [0.2, 0.25) is 11.8 Å². The molecule has 2 aliphatic heterocycles. The van der Waals surface area contributed by atoms with Crippen molar-refractivity contribution in [2.24, 2.45) is 11.8 Å². The van der Waals surface area contributed by atoms with Gasteiger partial charge in [0.15, 0.2) is 0 Å². The molecule has 1 N–H and O–H groups in total. The van der Waals surface area contributed by atoms with Crippen LogP contribution in [0, 0.1) is 11.8 Å². The molecule has 0 bridgehead atoms. The summed E-state index contributed by atoms with van der Waals surface area (Å²) in [6, 6.07) is 8.97. The Morgan fingerprint density at radius 3 is 2.45 bits per heavy atom. The van der Waals surface area contributed by atoms with Crippen LogP contribution in [-0.2, 0) is 16.1 Å². The van der Waals surface area contributed by atoms with Gasteiger partial charge in [-0.25, -0.2) is 14.8 Å². The lowest BCUT2D eigenvalue weighted by molar-refractivity contribution is -0.190. The van der Waals surface area contributed by atoms with Crippen molar-refractivity contribution in [3.63, 3.8) is 0 Å². The summed E-state index contributed by atoms with van der Waals surface area (Å²) in [5.74, 6) is 0.392. The van der Waals surface area contributed by atoms with Gasteiger partial charge in [-0.3, -0.25) is 9.59 Å². The summed E-state index contributed by atoms with van der Waals surface area (Å²) < 4.78 is 0. The van der Waals surface area contributed by atoms with Gasteiger partial charge >= 0.3 is 6.03 Å². The van der Waals surface area contributed by atoms with Gasteiger partial charge in [0.1, 0.15) is 12.2 Å². The number of hydrazine groups is 1. The lowest BCUT2D eigenvalue weighted by Gasteiger charge is -2.55. The third kappa shape index (κ3) is 5.00. The van der Waals surface area contributed by atoms with E-state index in [0.29, 0.717) is 25.6 Å². The van der Waals surface area contributed by atoms with Gasteiger partial charge in [0.25, 0.3) is 0 Å². The Hall–Kier alpha value is -2.61. The van der Waals surface area contributed by atoms with E-state index in [4.69, 9.17) is 0 Å². The minimum Gasteiger partial charge on any atom is -0.337 e. The first-order valence-corrected chi connectivity index (χ1v) is 12.3. The zero-order chi connectivity index (χ0) is 23.5. The standard InChI is InChI=1S/C25H37N5O3/c1-18(2)23-24(32)28(15-20-12-8-5-9-13-20)16-21-29(23)22(31)17-27(3)30(21)25(33)26-14-19-10-6-4-7-11-19/h4,6-7,10-11,18,20-21,23H,5,8-9,12-17H2,1-3H3,(H,26,33)/t21-,23?/m0/s1. The van der Waals surface area contributed by atoms with Crippen molar-refractivity contribution in [2.75, 3.05) is 26.7 Å². The molecule has 3 aliphatic rings. The third-order valence-electron chi connectivity index (χ3n) is 7.20. The number of piperazine rings is 1. The maximum absolute atomic E-state index is 13.5. The molecule has 1 aromatic carbocycles. The summed E-state index contributed by atoms with van der Waals surface area (Å²) in [5, 5.41) is 6.33. The number of hydrogen-bond acceptors (Lipinski definition) is 4. The van der Waals surface area contributed by atoms with E-state index < -0.39 is 12.2 Å². The monoisotopic (exact) mass is 455 g/mol. The molecule has 2 atom stereocenters. The summed E-state index contributed by atoms with van der Waals surface area (Å²) in [7, 11) is 1.77. The number of benzene rings is 1. The summed E-state index contributed by atoms with van der Waals surface area (Å²) >= 11 is 0. The second-order valence-electron chi connectivity index (χ2n) is 10.0. The number of nitrogens with one attached hydrogen (secondary N) is 1. The second kappa shape index (κ2) is 10.1. The molecule has 1 saturated carbocycles. The minimum absolute atomic E-state index is 0.0226. The molecule has 2 saturated heterocycles. The highest BCUT2D eigenvalue weighted by Crippen LogP contribution is 2.31. The summed E-state index contributed by atoms with van der Waals surface area (Å²) in [5.41, 5.74) is 1.01. The molecule has 0 aromatic heterocycles. The Morgan fingerprint density at radius 1 is 1.09 bits per heavy atom. The van der Waals surface area contributed by atoms with Crippen LogP contribution in [0.2, 0.25) is 0 Å². The molecule has 3 fully saturated rings. The average Bonchev–Trinajstić information content (AvgIpc) is 2.80. The van der Waals surface area contributed by atoms with Crippen LogP contribution in [0.5, 0.6) is 0 Å². The van der Waals surface area contributed by atoms with Crippen molar-refractivity contribution in [1.29, 1.82) is 0 Å². The lowest BCUT2D eigenvalue weighted by Crippen LogP contribution is -2.76. The Kier molecular flexibility index (Phi) is 7.22. The maximum atomic E-state index is 13.5. The van der Waals surface area contributed by atoms with E-state index in [1.807, 2.05) is 49.1 Å². The minimum atomic E-state index is -0.544. The van der Waals surface area contributed by atoms with Crippen LogP contribution >= 0.6 is 0 Å². The molecule has 1 unspecified atom stereocenters. The molecular formula is C25H37N5O3. The molecule has 4 rings (SSSR count). The SMILES string of the molecule is CC(C)C1C(=O)N(CC2CCCCC2)C[C@H]2N1C(=O)CN(C)N2C(=O)NCc1ccccc1. The predicted molar refractivity (Wildman–Crippen MR) is 126 cm³/mol. The molecule has 1 aliphatic carbocycles. The van der Waals surface area contributed by atoms with Gasteiger partial charge in [-0.1, -0.05) is 63.4 Å². The predicted octanol–water partition coefficient (Wildman–Crippen LogP) is 2.66. The molecule has 8 nitrogen and oxygen atoms in total. The van der Waals surface area contributed by atoms with Crippen LogP contribution in [0.25, 0.3) is 0 Å². The van der Waals surface area contributed by atoms with Gasteiger partial charge in [-0.05, 0) is 30.2 Å². The van der Waals surface area contributed by atoms with Crippen molar-refractivity contribution in [2.45, 2.75) is 64.7 Å². The largest absolute Gasteiger partial charge is 0.337 e. The zero-order valence-electron chi connectivity index (χ0n) is 20.1. The molecule has 1 aromatic rings. The second-order valence-corrected chi connectivity index (χ2v) is 10.0. The highest BCUT2D eigenvalue weighted by molar-refractivity contribution is 5.91. The van der Waals surface area contributed by atoms with E-state index in [0.717, 1.165) is 18.4 Å². The van der Waals surface area contributed by atoms with Crippen molar-refractivity contribution >= 4 is 17.8 Å². The first-order chi connectivity index (χ1) is 15.9. The van der Waals surface area contributed by atoms with Crippen molar-refractivity contribution in [1.82, 2.24) is 25.1 Å². The van der Waals surface area contributed by atoms with Gasteiger partial charge in [-0.2, -0.15) is 0 Å². The van der Waals surface area contributed by atoms with Crippen LogP contribution in [0.15, 0.2) is 30.3 Å². The molecule has 8 heteroatoms. The van der Waals surface area contributed by atoms with E-state index in [9.17, 15) is 14.4 Å². The highest BCUT2D eigenvalue weighted by atomic mass is 16.2. The van der Waals surface area contributed by atoms with Crippen molar-refractivity contribution < 1.29 is 14.4 Å². The number of rotatable bonds is 5. The summed E-state index contributed by atoms with van der Waals surface area (Å²) in [6.07, 6.45) is 5.48. The topological polar surface area (TPSA) is 76.2 Å². The Morgan fingerprint density at radius 2 is 1.79 bits per heavy atom. The van der Waals surface area contributed by atoms with Crippen LogP contribution in [0.1, 0.15) is 51.5 Å². The number of urea groups is 1. The Labute approximate surface area is 196 Å². The van der Waals surface area contributed by atoms with E-state index in [-0.39, 0.29) is 30.3 Å². The Bertz CT molecular complexity index is 855. The normalized spacial score (nSPS) is 24.9. The smallest absolute Gasteiger partial charge is 0.334 e. The number of amides is 4. The fraction of sp³-hybridized carbons (Fsp3) is 0.640. The number of fused-ring (bicyclic) bond motifs is 1. The van der Waals surface area contributed by atoms with Crippen molar-refractivity contribution in [3.05, 3.63) is 35.9 Å². The fourth-order valence-corrected chi connectivity index (χ4v) is 5.56. The lowest BCUT2D eigenvalue weighted by atomic mass is 9.88. The quantitative estimate of drug-likeness (QED) is 0.741. The molecule has 0 radical (unpaired) electrons. The number of carbonyl (C=O) groups is 3. The molecule has 33 heavy (non-hydrogen) atoms. The summed E-state index contributed by atoms with van der Waals surface area (Å²) in [6.45, 7) is 5.51. The highest BCUT2D eigenvalue weighted by Gasteiger charge is 2.51. The van der Waals surface area contributed by atoms with Gasteiger partial charge in [-0.15, -0.1) is 0 Å². The number of likely N-dealkylation sites (N-methyl/N-ethyl adjacent to an activating group) is 1. The van der Waals surface area contributed by atoms with Crippen LogP contribution in [0.4, 0.5) is 4.79 Å².